The summed E-state index contributed by atoms with van der Waals surface area (Å²) < 4.78 is 80.7. The quantitative estimate of drug-likeness (QED) is 0.257. The Bertz CT molecular complexity index is 1470. The lowest BCUT2D eigenvalue weighted by Crippen LogP contribution is -2.50. The molecule has 0 unspecified atom stereocenters. The van der Waals surface area contributed by atoms with Crippen molar-refractivity contribution < 1.29 is 31.1 Å². The molecule has 1 aliphatic rings. The van der Waals surface area contributed by atoms with E-state index in [0.717, 1.165) is 22.2 Å². The molecule has 0 spiro atoms. The Labute approximate surface area is 226 Å². The molecule has 0 saturated carbocycles. The minimum atomic E-state index is -5.04. The molecule has 2 atom stereocenters. The van der Waals surface area contributed by atoms with Crippen LogP contribution < -0.4 is 5.32 Å². The zero-order valence-electron chi connectivity index (χ0n) is 21.1. The number of fused-ring (bicyclic) bond motifs is 1. The fourth-order valence-corrected chi connectivity index (χ4v) is 5.16. The van der Waals surface area contributed by atoms with Crippen molar-refractivity contribution >= 4 is 22.5 Å². The molecule has 0 bridgehead atoms. The highest BCUT2D eigenvalue weighted by Crippen LogP contribution is 2.37. The highest BCUT2D eigenvalue weighted by molar-refractivity contribution is 5.95. The Hall–Kier alpha value is -4.08. The number of amides is 1. The van der Waals surface area contributed by atoms with Crippen molar-refractivity contribution in [3.05, 3.63) is 107 Å². The summed E-state index contributed by atoms with van der Waals surface area (Å²) in [6.07, 6.45) is -7.07. The first-order valence-electron chi connectivity index (χ1n) is 12.7. The average molecular weight is 558 g/mol. The smallest absolute Gasteiger partial charge is 0.381 e. The predicted octanol–water partition coefficient (Wildman–Crippen LogP) is 7.60. The number of anilines is 1. The highest BCUT2D eigenvalue weighted by atomic mass is 19.4. The first-order chi connectivity index (χ1) is 19.0. The minimum Gasteiger partial charge on any atom is -0.381 e. The maximum absolute atomic E-state index is 13.5. The molecule has 1 saturated heterocycles. The lowest BCUT2D eigenvalue weighted by molar-refractivity contribution is -0.143. The number of para-hydroxylation sites is 1. The summed E-state index contributed by atoms with van der Waals surface area (Å²) in [5.41, 5.74) is -1.12. The molecule has 4 aromatic rings. The van der Waals surface area contributed by atoms with Gasteiger partial charge in [-0.2, -0.15) is 26.3 Å². The third-order valence-electron chi connectivity index (χ3n) is 7.09. The van der Waals surface area contributed by atoms with Gasteiger partial charge in [0, 0.05) is 29.6 Å². The lowest BCUT2D eigenvalue weighted by Gasteiger charge is -2.40. The van der Waals surface area contributed by atoms with Crippen LogP contribution in [-0.2, 0) is 18.8 Å². The molecule has 2 heterocycles. The molecule has 4 nitrogen and oxygen atoms in total. The molecule has 0 radical (unpaired) electrons. The number of hydrogen-bond acceptors (Lipinski definition) is 3. The summed E-state index contributed by atoms with van der Waals surface area (Å²) in [5, 5.41) is 4.40. The Morgan fingerprint density at radius 2 is 1.52 bits per heavy atom. The van der Waals surface area contributed by atoms with Gasteiger partial charge in [-0.3, -0.25) is 9.78 Å². The van der Waals surface area contributed by atoms with Crippen molar-refractivity contribution in [2.24, 2.45) is 0 Å². The summed E-state index contributed by atoms with van der Waals surface area (Å²) in [6, 6.07) is 19.4. The highest BCUT2D eigenvalue weighted by Gasteiger charge is 2.39. The van der Waals surface area contributed by atoms with Crippen molar-refractivity contribution in [2.75, 3.05) is 11.9 Å². The van der Waals surface area contributed by atoms with Gasteiger partial charge in [-0.1, -0.05) is 48.5 Å². The number of carbonyl (C=O) groups excluding carboxylic acids is 1. The van der Waals surface area contributed by atoms with Gasteiger partial charge >= 0.3 is 12.4 Å². The molecule has 40 heavy (non-hydrogen) atoms. The van der Waals surface area contributed by atoms with E-state index in [4.69, 9.17) is 0 Å². The minimum absolute atomic E-state index is 0.0337. The second-order valence-electron chi connectivity index (χ2n) is 9.92. The van der Waals surface area contributed by atoms with Crippen LogP contribution in [0.2, 0.25) is 0 Å². The second kappa shape index (κ2) is 10.8. The zero-order chi connectivity index (χ0) is 28.5. The molecule has 0 aliphatic carbocycles. The van der Waals surface area contributed by atoms with E-state index in [1.54, 1.807) is 6.20 Å². The van der Waals surface area contributed by atoms with Crippen LogP contribution in [0.25, 0.3) is 10.9 Å². The molecule has 10 heteroatoms. The van der Waals surface area contributed by atoms with Crippen LogP contribution in [-0.4, -0.2) is 34.4 Å². The van der Waals surface area contributed by atoms with E-state index in [-0.39, 0.29) is 18.7 Å². The number of benzene rings is 3. The van der Waals surface area contributed by atoms with Crippen LogP contribution in [0.5, 0.6) is 0 Å². The molecule has 1 aromatic heterocycles. The van der Waals surface area contributed by atoms with E-state index < -0.39 is 41.0 Å². The van der Waals surface area contributed by atoms with E-state index >= 15 is 0 Å². The number of likely N-dealkylation sites (tertiary alicyclic amines) is 1. The van der Waals surface area contributed by atoms with E-state index in [1.165, 1.54) is 4.90 Å². The molecule has 1 fully saturated rings. The number of carbonyl (C=O) groups is 1. The van der Waals surface area contributed by atoms with Gasteiger partial charge in [0.25, 0.3) is 5.91 Å². The monoisotopic (exact) mass is 557 g/mol. The van der Waals surface area contributed by atoms with Crippen LogP contribution in [0.3, 0.4) is 0 Å². The first-order valence-corrected chi connectivity index (χ1v) is 12.7. The number of halogens is 6. The topological polar surface area (TPSA) is 45.2 Å². The van der Waals surface area contributed by atoms with E-state index in [0.29, 0.717) is 31.4 Å². The van der Waals surface area contributed by atoms with Crippen LogP contribution in [0.1, 0.15) is 39.9 Å². The summed E-state index contributed by atoms with van der Waals surface area (Å²) >= 11 is 0. The number of rotatable bonds is 5. The third kappa shape index (κ3) is 6.21. The van der Waals surface area contributed by atoms with E-state index in [2.05, 4.69) is 10.3 Å². The fraction of sp³-hybridized carbons (Fsp3) is 0.267. The maximum atomic E-state index is 13.5. The van der Waals surface area contributed by atoms with Crippen molar-refractivity contribution in [1.82, 2.24) is 9.88 Å². The average Bonchev–Trinajstić information content (AvgIpc) is 2.92. The Morgan fingerprint density at radius 1 is 0.875 bits per heavy atom. The molecule has 1 amide bonds. The van der Waals surface area contributed by atoms with Crippen LogP contribution in [0.15, 0.2) is 85.1 Å². The molecular formula is C30H25F6N3O. The lowest BCUT2D eigenvalue weighted by atomic mass is 9.91. The Balaban J connectivity index is 1.43. The number of pyridine rings is 1. The van der Waals surface area contributed by atoms with Crippen molar-refractivity contribution in [3.63, 3.8) is 0 Å². The Kier molecular flexibility index (Phi) is 7.44. The third-order valence-corrected chi connectivity index (χ3v) is 7.09. The molecule has 5 rings (SSSR count). The summed E-state index contributed by atoms with van der Waals surface area (Å²) in [4.78, 5) is 19.4. The van der Waals surface area contributed by atoms with Gasteiger partial charge in [-0.05, 0) is 55.2 Å². The van der Waals surface area contributed by atoms with Crippen LogP contribution in [0, 0.1) is 0 Å². The molecule has 1 aliphatic heterocycles. The van der Waals surface area contributed by atoms with E-state index in [1.807, 2.05) is 60.7 Å². The van der Waals surface area contributed by atoms with E-state index in [9.17, 15) is 31.1 Å². The molecular weight excluding hydrogens is 532 g/mol. The molecule has 3 aromatic carbocycles. The van der Waals surface area contributed by atoms with Crippen molar-refractivity contribution in [3.8, 4) is 0 Å². The van der Waals surface area contributed by atoms with Gasteiger partial charge in [-0.15, -0.1) is 0 Å². The van der Waals surface area contributed by atoms with Crippen LogP contribution >= 0.6 is 0 Å². The standard InChI is InChI=1S/C30H25F6N3O/c31-29(32,33)22-13-21(14-23(16-22)30(34,35)36)28(40)39-11-10-24(17-26(39)12-19-6-2-1-3-7-19)38-25-15-20-8-4-5-9-27(20)37-18-25/h1-9,13-16,18,24,26,38H,10-12,17H2/t24-,26-/m0/s1. The molecule has 1 N–H and O–H groups in total. The summed E-state index contributed by atoms with van der Waals surface area (Å²) in [7, 11) is 0. The van der Waals surface area contributed by atoms with Crippen LogP contribution in [0.4, 0.5) is 32.0 Å². The second-order valence-corrected chi connectivity index (χ2v) is 9.92. The first kappa shape index (κ1) is 27.5. The van der Waals surface area contributed by atoms with Gasteiger partial charge in [0.15, 0.2) is 0 Å². The van der Waals surface area contributed by atoms with Gasteiger partial charge in [0.05, 0.1) is 28.5 Å². The summed E-state index contributed by atoms with van der Waals surface area (Å²) in [6.45, 7) is 0.159. The van der Waals surface area contributed by atoms with Gasteiger partial charge in [0.2, 0.25) is 0 Å². The summed E-state index contributed by atoms with van der Waals surface area (Å²) in [5.74, 6) is -0.858. The SMILES string of the molecule is O=C(c1cc(C(F)(F)F)cc(C(F)(F)F)c1)N1CC[C@H](Nc2cnc3ccccc3c2)C[C@@H]1Cc1ccccc1. The number of piperidine rings is 1. The van der Waals surface area contributed by atoms with Crippen molar-refractivity contribution in [2.45, 2.75) is 43.7 Å². The number of nitrogens with one attached hydrogen (secondary N) is 1. The van der Waals surface area contributed by atoms with Gasteiger partial charge in [-0.25, -0.2) is 0 Å². The normalized spacial score (nSPS) is 18.1. The number of hydrogen-bond donors (Lipinski definition) is 1. The number of alkyl halides is 6. The predicted molar refractivity (Wildman–Crippen MR) is 140 cm³/mol. The largest absolute Gasteiger partial charge is 0.416 e. The molecule has 208 valence electrons. The fourth-order valence-electron chi connectivity index (χ4n) is 5.16. The number of nitrogens with zero attached hydrogens (tertiary/aromatic N) is 2. The van der Waals surface area contributed by atoms with Gasteiger partial charge in [0.1, 0.15) is 0 Å². The Morgan fingerprint density at radius 3 is 2.20 bits per heavy atom. The van der Waals surface area contributed by atoms with Gasteiger partial charge < -0.3 is 10.2 Å². The zero-order valence-corrected chi connectivity index (χ0v) is 21.1. The number of aromatic nitrogens is 1. The maximum Gasteiger partial charge on any atom is 0.416 e. The van der Waals surface area contributed by atoms with Crippen molar-refractivity contribution in [1.29, 1.82) is 0 Å².